The van der Waals surface area contributed by atoms with Gasteiger partial charge in [0.2, 0.25) is 0 Å². The highest BCUT2D eigenvalue weighted by atomic mass is 16.1. The lowest BCUT2D eigenvalue weighted by Gasteiger charge is -2.04. The van der Waals surface area contributed by atoms with Crippen molar-refractivity contribution in [2.45, 2.75) is 13.1 Å². The van der Waals surface area contributed by atoms with E-state index in [9.17, 15) is 4.79 Å². The van der Waals surface area contributed by atoms with Crippen LogP contribution in [0, 0.1) is 0 Å². The maximum atomic E-state index is 12.5. The minimum absolute atomic E-state index is 0.0278. The summed E-state index contributed by atoms with van der Waals surface area (Å²) in [5, 5.41) is 0. The van der Waals surface area contributed by atoms with Gasteiger partial charge in [0.25, 0.3) is 0 Å². The van der Waals surface area contributed by atoms with E-state index in [4.69, 9.17) is 0 Å². The first-order valence-corrected chi connectivity index (χ1v) is 7.26. The van der Waals surface area contributed by atoms with Gasteiger partial charge in [0.15, 0.2) is 0 Å². The van der Waals surface area contributed by atoms with E-state index in [-0.39, 0.29) is 5.69 Å². The van der Waals surface area contributed by atoms with Crippen LogP contribution >= 0.6 is 0 Å². The highest BCUT2D eigenvalue weighted by Crippen LogP contribution is 2.24. The largest absolute Gasteiger partial charge is 0.329 e. The Bertz CT molecular complexity index is 885. The Labute approximate surface area is 129 Å². The molecule has 0 saturated carbocycles. The quantitative estimate of drug-likeness (QED) is 0.656. The van der Waals surface area contributed by atoms with Crippen molar-refractivity contribution in [3.63, 3.8) is 0 Å². The standard InChI is InChI=1S/C19H18N2O/c1-3-12-20-17-11-10-16(15-8-6-5-7-9-15)14-18(17)21(13-4-2)19(20)22/h3-11,14H,1-2,12-13H2. The zero-order valence-corrected chi connectivity index (χ0v) is 12.4. The fourth-order valence-corrected chi connectivity index (χ4v) is 2.74. The zero-order valence-electron chi connectivity index (χ0n) is 12.4. The van der Waals surface area contributed by atoms with Gasteiger partial charge in [0, 0.05) is 13.1 Å². The summed E-state index contributed by atoms with van der Waals surface area (Å²) in [7, 11) is 0. The van der Waals surface area contributed by atoms with Crippen LogP contribution < -0.4 is 5.69 Å². The summed E-state index contributed by atoms with van der Waals surface area (Å²) < 4.78 is 3.48. The number of hydrogen-bond donors (Lipinski definition) is 0. The molecule has 0 amide bonds. The third-order valence-electron chi connectivity index (χ3n) is 3.75. The maximum Gasteiger partial charge on any atom is 0.329 e. The molecule has 2 aromatic carbocycles. The van der Waals surface area contributed by atoms with Crippen molar-refractivity contribution in [3.05, 3.63) is 84.3 Å². The molecule has 0 aliphatic carbocycles. The molecule has 0 spiro atoms. The lowest BCUT2D eigenvalue weighted by molar-refractivity contribution is 0.719. The Balaban J connectivity index is 2.27. The van der Waals surface area contributed by atoms with Crippen molar-refractivity contribution in [3.8, 4) is 11.1 Å². The Morgan fingerprint density at radius 3 is 2.09 bits per heavy atom. The van der Waals surface area contributed by atoms with E-state index in [1.165, 1.54) is 0 Å². The monoisotopic (exact) mass is 290 g/mol. The molecule has 0 bridgehead atoms. The fourth-order valence-electron chi connectivity index (χ4n) is 2.74. The van der Waals surface area contributed by atoms with Crippen molar-refractivity contribution in [1.82, 2.24) is 9.13 Å². The van der Waals surface area contributed by atoms with Gasteiger partial charge in [0.1, 0.15) is 0 Å². The van der Waals surface area contributed by atoms with Crippen LogP contribution in [0.15, 0.2) is 78.6 Å². The third-order valence-corrected chi connectivity index (χ3v) is 3.75. The first-order valence-electron chi connectivity index (χ1n) is 7.26. The summed E-state index contributed by atoms with van der Waals surface area (Å²) in [6.45, 7) is 8.49. The van der Waals surface area contributed by atoms with Crippen LogP contribution in [0.4, 0.5) is 0 Å². The van der Waals surface area contributed by atoms with Crippen molar-refractivity contribution in [1.29, 1.82) is 0 Å². The van der Waals surface area contributed by atoms with E-state index in [1.807, 2.05) is 24.3 Å². The normalized spacial score (nSPS) is 10.7. The maximum absolute atomic E-state index is 12.5. The summed E-state index contributed by atoms with van der Waals surface area (Å²) in [5.74, 6) is 0. The van der Waals surface area contributed by atoms with Gasteiger partial charge < -0.3 is 0 Å². The van der Waals surface area contributed by atoms with E-state index in [0.717, 1.165) is 22.2 Å². The second kappa shape index (κ2) is 5.90. The molecule has 0 saturated heterocycles. The van der Waals surface area contributed by atoms with Gasteiger partial charge in [-0.05, 0) is 23.3 Å². The molecule has 3 nitrogen and oxygen atoms in total. The number of fused-ring (bicyclic) bond motifs is 1. The smallest absolute Gasteiger partial charge is 0.288 e. The van der Waals surface area contributed by atoms with Crippen LogP contribution in [0.2, 0.25) is 0 Å². The molecule has 3 aromatic rings. The van der Waals surface area contributed by atoms with Gasteiger partial charge in [0.05, 0.1) is 11.0 Å². The lowest BCUT2D eigenvalue weighted by atomic mass is 10.1. The Kier molecular flexibility index (Phi) is 3.79. The van der Waals surface area contributed by atoms with Gasteiger partial charge >= 0.3 is 5.69 Å². The predicted molar refractivity (Wildman–Crippen MR) is 92.0 cm³/mol. The second-order valence-electron chi connectivity index (χ2n) is 5.15. The van der Waals surface area contributed by atoms with E-state index in [0.29, 0.717) is 13.1 Å². The Morgan fingerprint density at radius 1 is 0.818 bits per heavy atom. The van der Waals surface area contributed by atoms with E-state index in [1.54, 1.807) is 21.3 Å². The second-order valence-corrected chi connectivity index (χ2v) is 5.15. The molecule has 0 aliphatic heterocycles. The highest BCUT2D eigenvalue weighted by Gasteiger charge is 2.12. The molecule has 1 heterocycles. The van der Waals surface area contributed by atoms with Crippen molar-refractivity contribution in [2.24, 2.45) is 0 Å². The number of benzene rings is 2. The topological polar surface area (TPSA) is 26.9 Å². The number of hydrogen-bond acceptors (Lipinski definition) is 1. The predicted octanol–water partition coefficient (Wildman–Crippen LogP) is 3.84. The van der Waals surface area contributed by atoms with Crippen LogP contribution in [0.5, 0.6) is 0 Å². The fraction of sp³-hybridized carbons (Fsp3) is 0.105. The van der Waals surface area contributed by atoms with E-state index >= 15 is 0 Å². The van der Waals surface area contributed by atoms with Crippen molar-refractivity contribution in [2.75, 3.05) is 0 Å². The first kappa shape index (κ1) is 14.1. The summed E-state index contributed by atoms with van der Waals surface area (Å²) in [6, 6.07) is 16.3. The van der Waals surface area contributed by atoms with Gasteiger partial charge in [-0.25, -0.2) is 4.79 Å². The molecule has 0 radical (unpaired) electrons. The van der Waals surface area contributed by atoms with Gasteiger partial charge in [-0.3, -0.25) is 9.13 Å². The zero-order chi connectivity index (χ0) is 15.5. The van der Waals surface area contributed by atoms with Gasteiger partial charge in [-0.2, -0.15) is 0 Å². The van der Waals surface area contributed by atoms with Crippen LogP contribution in [0.3, 0.4) is 0 Å². The molecule has 0 aliphatic rings. The summed E-state index contributed by atoms with van der Waals surface area (Å²) in [6.07, 6.45) is 3.48. The van der Waals surface area contributed by atoms with Gasteiger partial charge in [-0.1, -0.05) is 48.6 Å². The van der Waals surface area contributed by atoms with Crippen LogP contribution in [0.1, 0.15) is 0 Å². The summed E-state index contributed by atoms with van der Waals surface area (Å²) in [4.78, 5) is 12.5. The number of allylic oxidation sites excluding steroid dienone is 2. The van der Waals surface area contributed by atoms with Crippen molar-refractivity contribution >= 4 is 11.0 Å². The Hall–Kier alpha value is -2.81. The van der Waals surface area contributed by atoms with E-state index < -0.39 is 0 Å². The average Bonchev–Trinajstić information content (AvgIpc) is 2.82. The molecule has 0 N–H and O–H groups in total. The Morgan fingerprint density at radius 2 is 1.45 bits per heavy atom. The summed E-state index contributed by atoms with van der Waals surface area (Å²) in [5.41, 5.74) is 4.06. The van der Waals surface area contributed by atoms with Crippen molar-refractivity contribution < 1.29 is 0 Å². The number of rotatable bonds is 5. The SMILES string of the molecule is C=CCn1c(=O)n(CC=C)c2cc(-c3ccccc3)ccc21. The minimum atomic E-state index is -0.0278. The molecule has 1 aromatic heterocycles. The highest BCUT2D eigenvalue weighted by molar-refractivity contribution is 5.82. The number of aromatic nitrogens is 2. The van der Waals surface area contributed by atoms with Crippen LogP contribution in [0.25, 0.3) is 22.2 Å². The molecular formula is C19H18N2O. The first-order chi connectivity index (χ1) is 10.8. The molecule has 110 valence electrons. The third kappa shape index (κ3) is 2.31. The van der Waals surface area contributed by atoms with Gasteiger partial charge in [-0.15, -0.1) is 13.2 Å². The molecular weight excluding hydrogens is 272 g/mol. The molecule has 3 heteroatoms. The van der Waals surface area contributed by atoms with E-state index in [2.05, 4.69) is 37.4 Å². The van der Waals surface area contributed by atoms with Crippen LogP contribution in [-0.2, 0) is 13.1 Å². The number of nitrogens with zero attached hydrogens (tertiary/aromatic N) is 2. The minimum Gasteiger partial charge on any atom is -0.288 e. The summed E-state index contributed by atoms with van der Waals surface area (Å²) >= 11 is 0. The molecule has 0 unspecified atom stereocenters. The number of imidazole rings is 1. The molecule has 0 fully saturated rings. The average molecular weight is 290 g/mol. The molecule has 3 rings (SSSR count). The lowest BCUT2D eigenvalue weighted by Crippen LogP contribution is -2.23. The molecule has 0 atom stereocenters. The molecule has 22 heavy (non-hydrogen) atoms. The van der Waals surface area contributed by atoms with Crippen LogP contribution in [-0.4, -0.2) is 9.13 Å².